The number of fused-ring (bicyclic) bond motifs is 7. The Kier molecular flexibility index (Phi) is 3.63. The molecule has 6 rings (SSSR count). The highest BCUT2D eigenvalue weighted by atomic mass is 16.6. The van der Waals surface area contributed by atoms with Gasteiger partial charge in [0.05, 0.1) is 21.1 Å². The fourth-order valence-electron chi connectivity index (χ4n) is 5.39. The minimum atomic E-state index is -2.13. The molecule has 2 N–H and O–H groups in total. The normalized spacial score (nSPS) is 22.5. The standard InChI is InChI=1S/C22H15N5O6/c28-18-13-5-2-1-4-12(13)17-16(18)22(19(27(32)33)20-23-8-3-9-25(17)20)14-10-11(26(30)31)6-7-15(14)24-21(22)29/h1-2,4-7,10,23H,3,8-9H2,(H,24,29). The molecule has 1 aliphatic carbocycles. The molecule has 164 valence electrons. The van der Waals surface area contributed by atoms with Crippen molar-refractivity contribution in [2.75, 3.05) is 18.4 Å². The molecule has 0 radical (unpaired) electrons. The van der Waals surface area contributed by atoms with Crippen LogP contribution in [-0.2, 0) is 10.2 Å². The number of nitro benzene ring substituents is 1. The first kappa shape index (κ1) is 19.2. The van der Waals surface area contributed by atoms with Crippen LogP contribution in [-0.4, -0.2) is 39.5 Å². The summed E-state index contributed by atoms with van der Waals surface area (Å²) >= 11 is 0. The number of rotatable bonds is 2. The molecule has 0 bridgehead atoms. The number of hydrogen-bond donors (Lipinski definition) is 2. The predicted octanol–water partition coefficient (Wildman–Crippen LogP) is 2.15. The van der Waals surface area contributed by atoms with Gasteiger partial charge in [0.25, 0.3) is 11.6 Å². The number of ketones is 1. The molecule has 1 amide bonds. The van der Waals surface area contributed by atoms with Gasteiger partial charge in [-0.2, -0.15) is 0 Å². The summed E-state index contributed by atoms with van der Waals surface area (Å²) in [7, 11) is 0. The number of anilines is 1. The van der Waals surface area contributed by atoms with E-state index >= 15 is 0 Å². The third kappa shape index (κ3) is 2.18. The third-order valence-electron chi connectivity index (χ3n) is 6.63. The summed E-state index contributed by atoms with van der Waals surface area (Å²) in [6, 6.07) is 10.5. The van der Waals surface area contributed by atoms with Crippen LogP contribution in [0.2, 0.25) is 0 Å². The second-order valence-electron chi connectivity index (χ2n) is 8.18. The van der Waals surface area contributed by atoms with Crippen molar-refractivity contribution in [3.8, 4) is 0 Å². The Hall–Kier alpha value is -4.54. The molecule has 11 heteroatoms. The summed E-state index contributed by atoms with van der Waals surface area (Å²) in [5.74, 6) is -1.15. The van der Waals surface area contributed by atoms with Crippen LogP contribution >= 0.6 is 0 Å². The number of hydrogen-bond acceptors (Lipinski definition) is 8. The van der Waals surface area contributed by atoms with E-state index in [0.29, 0.717) is 36.3 Å². The molecule has 0 saturated carbocycles. The maximum atomic E-state index is 13.7. The van der Waals surface area contributed by atoms with E-state index in [1.54, 1.807) is 29.2 Å². The summed E-state index contributed by atoms with van der Waals surface area (Å²) in [6.45, 7) is 0.862. The summed E-state index contributed by atoms with van der Waals surface area (Å²) in [4.78, 5) is 51.9. The molecule has 1 fully saturated rings. The molecule has 0 aromatic heterocycles. The lowest BCUT2D eigenvalue weighted by molar-refractivity contribution is -0.435. The molecule has 2 aromatic rings. The average Bonchev–Trinajstić information content (AvgIpc) is 3.26. The van der Waals surface area contributed by atoms with Crippen LogP contribution in [0.15, 0.2) is 59.6 Å². The lowest BCUT2D eigenvalue weighted by Gasteiger charge is -2.41. The van der Waals surface area contributed by atoms with Crippen molar-refractivity contribution >= 4 is 28.8 Å². The van der Waals surface area contributed by atoms with Crippen molar-refractivity contribution in [2.24, 2.45) is 0 Å². The Morgan fingerprint density at radius 2 is 1.76 bits per heavy atom. The van der Waals surface area contributed by atoms with E-state index in [2.05, 4.69) is 10.6 Å². The fourth-order valence-corrected chi connectivity index (χ4v) is 5.39. The zero-order chi connectivity index (χ0) is 23.1. The van der Waals surface area contributed by atoms with E-state index in [-0.39, 0.29) is 28.3 Å². The molecule has 4 aliphatic rings. The quantitative estimate of drug-likeness (QED) is 0.528. The summed E-state index contributed by atoms with van der Waals surface area (Å²) in [5, 5.41) is 29.8. The Bertz CT molecular complexity index is 1410. The maximum Gasteiger partial charge on any atom is 0.310 e. The van der Waals surface area contributed by atoms with Gasteiger partial charge < -0.3 is 15.5 Å². The fraction of sp³-hybridized carbons (Fsp3) is 0.182. The highest BCUT2D eigenvalue weighted by molar-refractivity contribution is 6.29. The van der Waals surface area contributed by atoms with Crippen LogP contribution < -0.4 is 10.6 Å². The number of amides is 1. The molecular weight excluding hydrogens is 430 g/mol. The topological polar surface area (TPSA) is 148 Å². The van der Waals surface area contributed by atoms with Gasteiger partial charge in [-0.3, -0.25) is 29.8 Å². The Balaban J connectivity index is 1.78. The van der Waals surface area contributed by atoms with Crippen LogP contribution in [0.1, 0.15) is 27.9 Å². The Morgan fingerprint density at radius 1 is 1.00 bits per heavy atom. The Morgan fingerprint density at radius 3 is 2.48 bits per heavy atom. The van der Waals surface area contributed by atoms with Crippen LogP contribution in [0.5, 0.6) is 0 Å². The average molecular weight is 445 g/mol. The van der Waals surface area contributed by atoms with E-state index in [1.807, 2.05) is 0 Å². The number of benzene rings is 2. The van der Waals surface area contributed by atoms with Gasteiger partial charge in [0.15, 0.2) is 11.6 Å². The van der Waals surface area contributed by atoms with Crippen LogP contribution in [0.25, 0.3) is 5.70 Å². The maximum absolute atomic E-state index is 13.7. The SMILES string of the molecule is O=C1C2=C(c3ccccc31)N1CCCNC1=C([N+](=O)[O-])C21C(=O)Nc2ccc([N+](=O)[O-])cc21. The number of nitrogens with one attached hydrogen (secondary N) is 2. The summed E-state index contributed by atoms with van der Waals surface area (Å²) in [5.41, 5.74) is -1.44. The highest BCUT2D eigenvalue weighted by Gasteiger charge is 2.67. The molecule has 1 atom stereocenters. The number of Topliss-reactive ketones (excluding diaryl/α,β-unsaturated/α-hetero) is 1. The first-order valence-corrected chi connectivity index (χ1v) is 10.3. The number of nitrogens with zero attached hydrogens (tertiary/aromatic N) is 3. The zero-order valence-corrected chi connectivity index (χ0v) is 17.0. The molecule has 33 heavy (non-hydrogen) atoms. The van der Waals surface area contributed by atoms with Crippen molar-refractivity contribution in [1.29, 1.82) is 0 Å². The Labute approximate surface area is 185 Å². The molecule has 1 unspecified atom stereocenters. The van der Waals surface area contributed by atoms with E-state index < -0.39 is 32.6 Å². The van der Waals surface area contributed by atoms with E-state index in [9.17, 15) is 29.8 Å². The second-order valence-corrected chi connectivity index (χ2v) is 8.18. The van der Waals surface area contributed by atoms with Gasteiger partial charge in [0, 0.05) is 47.6 Å². The second kappa shape index (κ2) is 6.25. The van der Waals surface area contributed by atoms with Crippen molar-refractivity contribution in [1.82, 2.24) is 10.2 Å². The third-order valence-corrected chi connectivity index (χ3v) is 6.63. The van der Waals surface area contributed by atoms with Crippen molar-refractivity contribution in [2.45, 2.75) is 11.8 Å². The molecule has 11 nitrogen and oxygen atoms in total. The lowest BCUT2D eigenvalue weighted by Crippen LogP contribution is -2.52. The van der Waals surface area contributed by atoms with Crippen LogP contribution in [0.3, 0.4) is 0 Å². The molecule has 1 saturated heterocycles. The van der Waals surface area contributed by atoms with Crippen LogP contribution in [0, 0.1) is 20.2 Å². The van der Waals surface area contributed by atoms with Gasteiger partial charge in [-0.15, -0.1) is 0 Å². The first-order valence-electron chi connectivity index (χ1n) is 10.3. The number of non-ortho nitro benzene ring substituents is 1. The minimum Gasteiger partial charge on any atom is -0.366 e. The van der Waals surface area contributed by atoms with Gasteiger partial charge >= 0.3 is 5.70 Å². The van der Waals surface area contributed by atoms with Gasteiger partial charge in [-0.1, -0.05) is 24.3 Å². The molecule has 2 aromatic carbocycles. The monoisotopic (exact) mass is 445 g/mol. The number of carbonyl (C=O) groups excluding carboxylic acids is 2. The first-order chi connectivity index (χ1) is 15.9. The smallest absolute Gasteiger partial charge is 0.310 e. The van der Waals surface area contributed by atoms with Crippen LogP contribution in [0.4, 0.5) is 11.4 Å². The van der Waals surface area contributed by atoms with Crippen molar-refractivity contribution < 1.29 is 19.4 Å². The molecule has 1 spiro atoms. The zero-order valence-electron chi connectivity index (χ0n) is 17.0. The van der Waals surface area contributed by atoms with Crippen molar-refractivity contribution in [3.63, 3.8) is 0 Å². The van der Waals surface area contributed by atoms with E-state index in [4.69, 9.17) is 0 Å². The lowest BCUT2D eigenvalue weighted by atomic mass is 9.68. The summed E-state index contributed by atoms with van der Waals surface area (Å²) in [6.07, 6.45) is 0.670. The predicted molar refractivity (Wildman–Crippen MR) is 114 cm³/mol. The van der Waals surface area contributed by atoms with Gasteiger partial charge in [0.2, 0.25) is 5.41 Å². The molecule has 3 heterocycles. The highest BCUT2D eigenvalue weighted by Crippen LogP contribution is 2.58. The van der Waals surface area contributed by atoms with Crippen molar-refractivity contribution in [3.05, 3.63) is 96.5 Å². The van der Waals surface area contributed by atoms with Gasteiger partial charge in [-0.25, -0.2) is 0 Å². The molecule has 3 aliphatic heterocycles. The number of nitro groups is 2. The molecular formula is C22H15N5O6. The van der Waals surface area contributed by atoms with E-state index in [1.165, 1.54) is 12.1 Å². The minimum absolute atomic E-state index is 0.0292. The van der Waals surface area contributed by atoms with Gasteiger partial charge in [0.1, 0.15) is 0 Å². The van der Waals surface area contributed by atoms with E-state index in [0.717, 1.165) is 6.07 Å². The summed E-state index contributed by atoms with van der Waals surface area (Å²) < 4.78 is 0. The largest absolute Gasteiger partial charge is 0.366 e. The van der Waals surface area contributed by atoms with Gasteiger partial charge in [-0.05, 0) is 12.5 Å². The number of carbonyl (C=O) groups is 2.